The number of carbonyl (C=O) groups excluding carboxylic acids is 1. The zero-order chi connectivity index (χ0) is 10.0. The summed E-state index contributed by atoms with van der Waals surface area (Å²) in [6.07, 6.45) is 4.66. The van der Waals surface area contributed by atoms with E-state index in [0.29, 0.717) is 12.4 Å². The van der Waals surface area contributed by atoms with Gasteiger partial charge in [-0.15, -0.1) is 0 Å². The minimum absolute atomic E-state index is 0.193. The number of hydrogen-bond donors (Lipinski definition) is 1. The molecule has 1 N–H and O–H groups in total. The first-order valence-corrected chi connectivity index (χ1v) is 5.31. The molecule has 0 aromatic rings. The van der Waals surface area contributed by atoms with Gasteiger partial charge in [0.25, 0.3) is 0 Å². The van der Waals surface area contributed by atoms with Gasteiger partial charge in [0, 0.05) is 11.8 Å². The Balaban J connectivity index is 2.08. The van der Waals surface area contributed by atoms with Crippen molar-refractivity contribution in [2.75, 3.05) is 19.7 Å². The number of nitrogens with one attached hydrogen (secondary N) is 1. The second-order valence-electron chi connectivity index (χ2n) is 4.35. The number of ketones is 1. The van der Waals surface area contributed by atoms with Gasteiger partial charge in [-0.3, -0.25) is 4.79 Å². The molecule has 2 rings (SSSR count). The SMILES string of the molecule is CC1(C(=O)C2=CCCO2)CCNCC1. The first kappa shape index (κ1) is 9.71. The summed E-state index contributed by atoms with van der Waals surface area (Å²) in [4.78, 5) is 12.1. The number of Topliss-reactive ketones (excluding diaryl/α,β-unsaturated/α-hetero) is 1. The van der Waals surface area contributed by atoms with Crippen LogP contribution in [0.3, 0.4) is 0 Å². The van der Waals surface area contributed by atoms with Gasteiger partial charge in [-0.25, -0.2) is 0 Å². The van der Waals surface area contributed by atoms with Gasteiger partial charge in [-0.1, -0.05) is 6.92 Å². The zero-order valence-electron chi connectivity index (χ0n) is 8.64. The summed E-state index contributed by atoms with van der Waals surface area (Å²) < 4.78 is 5.32. The summed E-state index contributed by atoms with van der Waals surface area (Å²) in [6.45, 7) is 4.61. The maximum absolute atomic E-state index is 12.1. The number of allylic oxidation sites excluding steroid dienone is 1. The Morgan fingerprint density at radius 2 is 2.21 bits per heavy atom. The van der Waals surface area contributed by atoms with E-state index in [1.807, 2.05) is 6.08 Å². The highest BCUT2D eigenvalue weighted by molar-refractivity contribution is 5.98. The molecule has 3 nitrogen and oxygen atoms in total. The summed E-state index contributed by atoms with van der Waals surface area (Å²) in [5, 5.41) is 3.27. The third kappa shape index (κ3) is 1.69. The van der Waals surface area contributed by atoms with Gasteiger partial charge < -0.3 is 10.1 Å². The molecule has 2 aliphatic heterocycles. The van der Waals surface area contributed by atoms with Crippen molar-refractivity contribution >= 4 is 5.78 Å². The molecule has 0 bridgehead atoms. The molecule has 0 radical (unpaired) electrons. The molecule has 1 saturated heterocycles. The smallest absolute Gasteiger partial charge is 0.202 e. The van der Waals surface area contributed by atoms with Crippen molar-refractivity contribution in [3.8, 4) is 0 Å². The van der Waals surface area contributed by atoms with Gasteiger partial charge in [-0.05, 0) is 32.0 Å². The molecule has 0 aromatic carbocycles. The van der Waals surface area contributed by atoms with Crippen molar-refractivity contribution < 1.29 is 9.53 Å². The van der Waals surface area contributed by atoms with E-state index in [4.69, 9.17) is 4.74 Å². The summed E-state index contributed by atoms with van der Waals surface area (Å²) in [6, 6.07) is 0. The Hall–Kier alpha value is -0.830. The summed E-state index contributed by atoms with van der Waals surface area (Å²) in [7, 11) is 0. The molecule has 0 spiro atoms. The number of hydrogen-bond acceptors (Lipinski definition) is 3. The highest BCUT2D eigenvalue weighted by Crippen LogP contribution is 2.33. The molecule has 2 aliphatic rings. The van der Waals surface area contributed by atoms with Crippen molar-refractivity contribution in [1.29, 1.82) is 0 Å². The van der Waals surface area contributed by atoms with Gasteiger partial charge in [0.1, 0.15) is 0 Å². The Bertz CT molecular complexity index is 264. The fraction of sp³-hybridized carbons (Fsp3) is 0.727. The molecular weight excluding hydrogens is 178 g/mol. The van der Waals surface area contributed by atoms with Crippen LogP contribution in [0, 0.1) is 5.41 Å². The maximum atomic E-state index is 12.1. The highest BCUT2D eigenvalue weighted by Gasteiger charge is 2.37. The standard InChI is InChI=1S/C11H17NO2/c1-11(4-6-12-7-5-11)10(13)9-3-2-8-14-9/h3,12H,2,4-8H2,1H3. The highest BCUT2D eigenvalue weighted by atomic mass is 16.5. The number of ether oxygens (including phenoxy) is 1. The van der Waals surface area contributed by atoms with Gasteiger partial charge in [0.15, 0.2) is 5.76 Å². The van der Waals surface area contributed by atoms with E-state index in [9.17, 15) is 4.79 Å². The monoisotopic (exact) mass is 195 g/mol. The number of carbonyl (C=O) groups is 1. The second kappa shape index (κ2) is 3.73. The normalized spacial score (nSPS) is 25.4. The first-order chi connectivity index (χ1) is 6.72. The lowest BCUT2D eigenvalue weighted by molar-refractivity contribution is -0.128. The average Bonchev–Trinajstić information content (AvgIpc) is 2.70. The fourth-order valence-electron chi connectivity index (χ4n) is 2.08. The molecule has 0 amide bonds. The van der Waals surface area contributed by atoms with Crippen LogP contribution < -0.4 is 5.32 Å². The molecule has 0 saturated carbocycles. The van der Waals surface area contributed by atoms with Gasteiger partial charge in [-0.2, -0.15) is 0 Å². The van der Waals surface area contributed by atoms with E-state index < -0.39 is 0 Å². The van der Waals surface area contributed by atoms with Gasteiger partial charge in [0.2, 0.25) is 5.78 Å². The Labute approximate surface area is 84.5 Å². The summed E-state index contributed by atoms with van der Waals surface area (Å²) in [5.41, 5.74) is -0.193. The molecule has 0 aromatic heterocycles. The fourth-order valence-corrected chi connectivity index (χ4v) is 2.08. The lowest BCUT2D eigenvalue weighted by Crippen LogP contribution is -2.40. The molecule has 0 unspecified atom stereocenters. The topological polar surface area (TPSA) is 38.3 Å². The predicted octanol–water partition coefficient (Wildman–Crippen LogP) is 1.25. The van der Waals surface area contributed by atoms with E-state index in [0.717, 1.165) is 32.4 Å². The van der Waals surface area contributed by atoms with Crippen molar-refractivity contribution in [3.05, 3.63) is 11.8 Å². The van der Waals surface area contributed by atoms with Crippen LogP contribution in [0.5, 0.6) is 0 Å². The van der Waals surface area contributed by atoms with Crippen molar-refractivity contribution in [3.63, 3.8) is 0 Å². The predicted molar refractivity (Wildman–Crippen MR) is 53.9 cm³/mol. The van der Waals surface area contributed by atoms with Crippen LogP contribution in [0.4, 0.5) is 0 Å². The largest absolute Gasteiger partial charge is 0.490 e. The minimum Gasteiger partial charge on any atom is -0.490 e. The Morgan fingerprint density at radius 3 is 2.79 bits per heavy atom. The average molecular weight is 195 g/mol. The van der Waals surface area contributed by atoms with E-state index in [-0.39, 0.29) is 11.2 Å². The molecule has 78 valence electrons. The van der Waals surface area contributed by atoms with Crippen LogP contribution in [0.25, 0.3) is 0 Å². The number of piperidine rings is 1. The molecular formula is C11H17NO2. The van der Waals surface area contributed by atoms with E-state index in [2.05, 4.69) is 12.2 Å². The van der Waals surface area contributed by atoms with Gasteiger partial charge in [0.05, 0.1) is 6.61 Å². The van der Waals surface area contributed by atoms with Crippen LogP contribution in [0.1, 0.15) is 26.2 Å². The molecule has 0 atom stereocenters. The van der Waals surface area contributed by atoms with Crippen LogP contribution in [0.15, 0.2) is 11.8 Å². The Kier molecular flexibility index (Phi) is 2.59. The molecule has 3 heteroatoms. The van der Waals surface area contributed by atoms with Crippen LogP contribution >= 0.6 is 0 Å². The van der Waals surface area contributed by atoms with Crippen LogP contribution in [-0.2, 0) is 9.53 Å². The summed E-state index contributed by atoms with van der Waals surface area (Å²) >= 11 is 0. The quantitative estimate of drug-likeness (QED) is 0.720. The minimum atomic E-state index is -0.193. The number of rotatable bonds is 2. The van der Waals surface area contributed by atoms with E-state index in [1.54, 1.807) is 0 Å². The maximum Gasteiger partial charge on any atom is 0.202 e. The van der Waals surface area contributed by atoms with Crippen molar-refractivity contribution in [2.45, 2.75) is 26.2 Å². The van der Waals surface area contributed by atoms with Gasteiger partial charge >= 0.3 is 0 Å². The van der Waals surface area contributed by atoms with Crippen LogP contribution in [0.2, 0.25) is 0 Å². The Morgan fingerprint density at radius 1 is 1.50 bits per heavy atom. The molecule has 1 fully saturated rings. The lowest BCUT2D eigenvalue weighted by atomic mass is 9.76. The summed E-state index contributed by atoms with van der Waals surface area (Å²) in [5.74, 6) is 0.811. The first-order valence-electron chi connectivity index (χ1n) is 5.31. The van der Waals surface area contributed by atoms with Crippen molar-refractivity contribution in [2.24, 2.45) is 5.41 Å². The lowest BCUT2D eigenvalue weighted by Gasteiger charge is -2.32. The zero-order valence-corrected chi connectivity index (χ0v) is 8.64. The second-order valence-corrected chi connectivity index (χ2v) is 4.35. The third-order valence-corrected chi connectivity index (χ3v) is 3.18. The molecule has 0 aliphatic carbocycles. The van der Waals surface area contributed by atoms with Crippen LogP contribution in [-0.4, -0.2) is 25.5 Å². The molecule has 14 heavy (non-hydrogen) atoms. The van der Waals surface area contributed by atoms with Crippen molar-refractivity contribution in [1.82, 2.24) is 5.32 Å². The third-order valence-electron chi connectivity index (χ3n) is 3.18. The van der Waals surface area contributed by atoms with E-state index >= 15 is 0 Å². The van der Waals surface area contributed by atoms with E-state index in [1.165, 1.54) is 0 Å². The molecule has 2 heterocycles.